The van der Waals surface area contributed by atoms with E-state index < -0.39 is 0 Å². The highest BCUT2D eigenvalue weighted by Gasteiger charge is 2.39. The highest BCUT2D eigenvalue weighted by atomic mass is 32.1. The SMILES string of the molecule is O=C1C(CCCc2cccc3ncsc23)C[C@H]2CNCCN12. The minimum atomic E-state index is 0.241. The predicted octanol–water partition coefficient (Wildman–Crippen LogP) is 2.44. The first kappa shape index (κ1) is 14.2. The molecule has 2 saturated heterocycles. The summed E-state index contributed by atoms with van der Waals surface area (Å²) in [6, 6.07) is 6.80. The highest BCUT2D eigenvalue weighted by molar-refractivity contribution is 7.16. The average Bonchev–Trinajstić information content (AvgIpc) is 3.14. The van der Waals surface area contributed by atoms with Gasteiger partial charge in [-0.15, -0.1) is 11.3 Å². The normalized spacial score (nSPS) is 24.9. The maximum absolute atomic E-state index is 12.4. The maximum atomic E-state index is 12.4. The van der Waals surface area contributed by atoms with Gasteiger partial charge in [0.2, 0.25) is 5.91 Å². The van der Waals surface area contributed by atoms with Crippen molar-refractivity contribution in [2.24, 2.45) is 5.92 Å². The minimum Gasteiger partial charge on any atom is -0.337 e. The monoisotopic (exact) mass is 315 g/mol. The molecule has 4 nitrogen and oxygen atoms in total. The Morgan fingerprint density at radius 2 is 2.36 bits per heavy atom. The zero-order chi connectivity index (χ0) is 14.9. The van der Waals surface area contributed by atoms with Gasteiger partial charge in [-0.1, -0.05) is 12.1 Å². The van der Waals surface area contributed by atoms with Crippen LogP contribution in [0.3, 0.4) is 0 Å². The van der Waals surface area contributed by atoms with Crippen molar-refractivity contribution in [2.75, 3.05) is 19.6 Å². The molecule has 0 bridgehead atoms. The molecule has 2 aliphatic heterocycles. The molecule has 0 saturated carbocycles. The molecule has 1 aromatic heterocycles. The average molecular weight is 315 g/mol. The second-order valence-corrected chi connectivity index (χ2v) is 7.19. The van der Waals surface area contributed by atoms with E-state index in [-0.39, 0.29) is 5.92 Å². The van der Waals surface area contributed by atoms with Crippen molar-refractivity contribution in [3.05, 3.63) is 29.3 Å². The van der Waals surface area contributed by atoms with Crippen LogP contribution in [0.4, 0.5) is 0 Å². The molecular formula is C17H21N3OS. The Hall–Kier alpha value is -1.46. The summed E-state index contributed by atoms with van der Waals surface area (Å²) < 4.78 is 1.31. The number of fused-ring (bicyclic) bond motifs is 2. The number of piperazine rings is 1. The largest absolute Gasteiger partial charge is 0.337 e. The summed E-state index contributed by atoms with van der Waals surface area (Å²) in [5, 5.41) is 3.40. The van der Waals surface area contributed by atoms with E-state index in [4.69, 9.17) is 0 Å². The van der Waals surface area contributed by atoms with E-state index in [1.165, 1.54) is 10.3 Å². The minimum absolute atomic E-state index is 0.241. The van der Waals surface area contributed by atoms with Crippen molar-refractivity contribution in [2.45, 2.75) is 31.7 Å². The number of aryl methyl sites for hydroxylation is 1. The zero-order valence-electron chi connectivity index (χ0n) is 12.6. The van der Waals surface area contributed by atoms with Crippen molar-refractivity contribution in [1.82, 2.24) is 15.2 Å². The second-order valence-electron chi connectivity index (χ2n) is 6.33. The summed E-state index contributed by atoms with van der Waals surface area (Å²) in [7, 11) is 0. The number of nitrogens with one attached hydrogen (secondary N) is 1. The lowest BCUT2D eigenvalue weighted by Gasteiger charge is -2.30. The third-order valence-corrected chi connectivity index (χ3v) is 5.89. The molecule has 3 heterocycles. The molecule has 2 aliphatic rings. The molecule has 4 rings (SSSR count). The van der Waals surface area contributed by atoms with E-state index in [1.807, 2.05) is 5.51 Å². The molecule has 5 heteroatoms. The van der Waals surface area contributed by atoms with E-state index in [2.05, 4.69) is 33.4 Å². The van der Waals surface area contributed by atoms with Crippen LogP contribution in [0.2, 0.25) is 0 Å². The van der Waals surface area contributed by atoms with Gasteiger partial charge in [0.1, 0.15) is 0 Å². The fourth-order valence-corrected chi connectivity index (χ4v) is 4.68. The summed E-state index contributed by atoms with van der Waals surface area (Å²) in [5.74, 6) is 0.632. The van der Waals surface area contributed by atoms with Crippen LogP contribution in [0.15, 0.2) is 23.7 Å². The molecule has 1 N–H and O–H groups in total. The van der Waals surface area contributed by atoms with E-state index in [9.17, 15) is 4.79 Å². The summed E-state index contributed by atoms with van der Waals surface area (Å²) in [4.78, 5) is 18.9. The Morgan fingerprint density at radius 3 is 3.27 bits per heavy atom. The van der Waals surface area contributed by atoms with Crippen LogP contribution in [0.5, 0.6) is 0 Å². The fourth-order valence-electron chi connectivity index (χ4n) is 3.85. The third kappa shape index (κ3) is 2.52. The van der Waals surface area contributed by atoms with Crippen LogP contribution in [0.25, 0.3) is 10.2 Å². The summed E-state index contributed by atoms with van der Waals surface area (Å²) >= 11 is 1.72. The second kappa shape index (κ2) is 5.97. The highest BCUT2D eigenvalue weighted by Crippen LogP contribution is 2.30. The number of amides is 1. The molecule has 2 fully saturated rings. The summed E-state index contributed by atoms with van der Waals surface area (Å²) in [6.07, 6.45) is 4.19. The van der Waals surface area contributed by atoms with E-state index in [0.717, 1.165) is 50.8 Å². The van der Waals surface area contributed by atoms with Gasteiger partial charge in [0.15, 0.2) is 0 Å². The summed E-state index contributed by atoms with van der Waals surface area (Å²) in [5.41, 5.74) is 4.40. The van der Waals surface area contributed by atoms with Crippen molar-refractivity contribution in [3.8, 4) is 0 Å². The van der Waals surface area contributed by atoms with Gasteiger partial charge in [0, 0.05) is 31.6 Å². The molecule has 22 heavy (non-hydrogen) atoms. The molecule has 0 spiro atoms. The first-order valence-corrected chi connectivity index (χ1v) is 9.03. The van der Waals surface area contributed by atoms with Gasteiger partial charge in [-0.05, 0) is 37.3 Å². The smallest absolute Gasteiger partial charge is 0.226 e. The van der Waals surface area contributed by atoms with Crippen LogP contribution in [0, 0.1) is 5.92 Å². The maximum Gasteiger partial charge on any atom is 0.226 e. The van der Waals surface area contributed by atoms with Gasteiger partial charge >= 0.3 is 0 Å². The lowest BCUT2D eigenvalue weighted by Crippen LogP contribution is -2.49. The molecule has 1 unspecified atom stereocenters. The predicted molar refractivity (Wildman–Crippen MR) is 89.0 cm³/mol. The van der Waals surface area contributed by atoms with E-state index >= 15 is 0 Å². The number of nitrogens with zero attached hydrogens (tertiary/aromatic N) is 2. The number of thiazole rings is 1. The van der Waals surface area contributed by atoms with Crippen LogP contribution < -0.4 is 5.32 Å². The molecule has 1 amide bonds. The number of aromatic nitrogens is 1. The first-order valence-electron chi connectivity index (χ1n) is 8.15. The van der Waals surface area contributed by atoms with Gasteiger partial charge in [0.05, 0.1) is 15.7 Å². The van der Waals surface area contributed by atoms with Gasteiger partial charge in [-0.3, -0.25) is 4.79 Å². The van der Waals surface area contributed by atoms with Gasteiger partial charge in [-0.2, -0.15) is 0 Å². The topological polar surface area (TPSA) is 45.2 Å². The Bertz CT molecular complexity index is 683. The number of hydrogen-bond donors (Lipinski definition) is 1. The molecular weight excluding hydrogens is 294 g/mol. The van der Waals surface area contributed by atoms with Gasteiger partial charge in [-0.25, -0.2) is 4.98 Å². The molecule has 1 aromatic carbocycles. The van der Waals surface area contributed by atoms with E-state index in [1.54, 1.807) is 11.3 Å². The van der Waals surface area contributed by atoms with Crippen molar-refractivity contribution in [3.63, 3.8) is 0 Å². The number of rotatable bonds is 4. The zero-order valence-corrected chi connectivity index (χ0v) is 13.4. The fraction of sp³-hybridized carbons (Fsp3) is 0.529. The molecule has 116 valence electrons. The quantitative estimate of drug-likeness (QED) is 0.942. The molecule has 2 atom stereocenters. The standard InChI is InChI=1S/C17H21N3OS/c21-17-13(9-14-10-18-7-8-20(14)17)5-1-3-12-4-2-6-15-16(12)22-11-19-15/h2,4,6,11,13-14,18H,1,3,5,7-10H2/t13?,14-/m0/s1. The first-order chi connectivity index (χ1) is 10.8. The molecule has 0 radical (unpaired) electrons. The summed E-state index contributed by atoms with van der Waals surface area (Å²) in [6.45, 7) is 2.81. The van der Waals surface area contributed by atoms with Gasteiger partial charge < -0.3 is 10.2 Å². The lowest BCUT2D eigenvalue weighted by atomic mass is 9.96. The number of hydrogen-bond acceptors (Lipinski definition) is 4. The Morgan fingerprint density at radius 1 is 1.41 bits per heavy atom. The molecule has 2 aromatic rings. The van der Waals surface area contributed by atoms with Crippen LogP contribution >= 0.6 is 11.3 Å². The van der Waals surface area contributed by atoms with Crippen LogP contribution in [0.1, 0.15) is 24.8 Å². The van der Waals surface area contributed by atoms with Crippen molar-refractivity contribution < 1.29 is 4.79 Å². The Labute approximate surface area is 134 Å². The lowest BCUT2D eigenvalue weighted by molar-refractivity contribution is -0.132. The Kier molecular flexibility index (Phi) is 3.84. The third-order valence-electron chi connectivity index (χ3n) is 4.98. The van der Waals surface area contributed by atoms with E-state index in [0.29, 0.717) is 11.9 Å². The number of benzene rings is 1. The Balaban J connectivity index is 1.37. The molecule has 0 aliphatic carbocycles. The van der Waals surface area contributed by atoms with Crippen molar-refractivity contribution in [1.29, 1.82) is 0 Å². The van der Waals surface area contributed by atoms with Crippen molar-refractivity contribution >= 4 is 27.5 Å². The number of carbonyl (C=O) groups excluding carboxylic acids is 1. The van der Waals surface area contributed by atoms with Crippen LogP contribution in [-0.2, 0) is 11.2 Å². The van der Waals surface area contributed by atoms with Gasteiger partial charge in [0.25, 0.3) is 0 Å². The number of carbonyl (C=O) groups is 1. The van der Waals surface area contributed by atoms with Crippen LogP contribution in [-0.4, -0.2) is 41.5 Å².